The SMILES string of the molecule is Br.CCC[C@H]1CCCCN1. The molecule has 1 atom stereocenters. The van der Waals surface area contributed by atoms with Gasteiger partial charge in [0.05, 0.1) is 0 Å². The van der Waals surface area contributed by atoms with E-state index in [9.17, 15) is 0 Å². The molecular weight excluding hydrogens is 190 g/mol. The fraction of sp³-hybridized carbons (Fsp3) is 1.00. The van der Waals surface area contributed by atoms with Crippen molar-refractivity contribution in [1.29, 1.82) is 0 Å². The van der Waals surface area contributed by atoms with Crippen LogP contribution in [0.5, 0.6) is 0 Å². The molecule has 0 unspecified atom stereocenters. The molecule has 0 bridgehead atoms. The molecule has 1 fully saturated rings. The Balaban J connectivity index is 0.000000810. The van der Waals surface area contributed by atoms with Crippen molar-refractivity contribution in [3.8, 4) is 0 Å². The molecule has 1 aliphatic heterocycles. The molecule has 0 spiro atoms. The summed E-state index contributed by atoms with van der Waals surface area (Å²) in [5, 5.41) is 3.52. The average molecular weight is 208 g/mol. The third-order valence-electron chi connectivity index (χ3n) is 2.05. The Morgan fingerprint density at radius 2 is 2.20 bits per heavy atom. The predicted molar refractivity (Wildman–Crippen MR) is 50.9 cm³/mol. The van der Waals surface area contributed by atoms with Gasteiger partial charge in [-0.05, 0) is 25.8 Å². The highest BCUT2D eigenvalue weighted by molar-refractivity contribution is 8.93. The van der Waals surface area contributed by atoms with Crippen LogP contribution in [0.1, 0.15) is 39.0 Å². The fourth-order valence-corrected chi connectivity index (χ4v) is 1.52. The zero-order chi connectivity index (χ0) is 6.53. The number of nitrogens with one attached hydrogen (secondary N) is 1. The lowest BCUT2D eigenvalue weighted by Crippen LogP contribution is -2.33. The summed E-state index contributed by atoms with van der Waals surface area (Å²) in [6, 6.07) is 0.851. The molecule has 2 heteroatoms. The Labute approximate surface area is 74.4 Å². The van der Waals surface area contributed by atoms with Gasteiger partial charge < -0.3 is 5.32 Å². The molecule has 0 saturated carbocycles. The summed E-state index contributed by atoms with van der Waals surface area (Å²) in [5.41, 5.74) is 0. The Morgan fingerprint density at radius 3 is 2.70 bits per heavy atom. The van der Waals surface area contributed by atoms with Crippen LogP contribution in [0.15, 0.2) is 0 Å². The van der Waals surface area contributed by atoms with Crippen molar-refractivity contribution >= 4 is 17.0 Å². The van der Waals surface area contributed by atoms with Crippen molar-refractivity contribution in [2.24, 2.45) is 0 Å². The Bertz CT molecular complexity index is 66.9. The van der Waals surface area contributed by atoms with Crippen LogP contribution in [0.2, 0.25) is 0 Å². The smallest absolute Gasteiger partial charge is 0.00669 e. The number of hydrogen-bond acceptors (Lipinski definition) is 1. The van der Waals surface area contributed by atoms with Crippen LogP contribution >= 0.6 is 17.0 Å². The number of rotatable bonds is 2. The zero-order valence-electron chi connectivity index (χ0n) is 6.73. The van der Waals surface area contributed by atoms with Gasteiger partial charge in [-0.15, -0.1) is 17.0 Å². The van der Waals surface area contributed by atoms with Gasteiger partial charge in [0.15, 0.2) is 0 Å². The first-order chi connectivity index (χ1) is 4.43. The van der Waals surface area contributed by atoms with E-state index < -0.39 is 0 Å². The molecule has 10 heavy (non-hydrogen) atoms. The van der Waals surface area contributed by atoms with Crippen molar-refractivity contribution in [3.63, 3.8) is 0 Å². The minimum Gasteiger partial charge on any atom is -0.314 e. The van der Waals surface area contributed by atoms with E-state index in [1.165, 1.54) is 38.6 Å². The van der Waals surface area contributed by atoms with E-state index in [0.717, 1.165) is 6.04 Å². The maximum Gasteiger partial charge on any atom is 0.00669 e. The van der Waals surface area contributed by atoms with Gasteiger partial charge in [0.1, 0.15) is 0 Å². The van der Waals surface area contributed by atoms with Crippen molar-refractivity contribution in [2.75, 3.05) is 6.54 Å². The maximum atomic E-state index is 3.52. The van der Waals surface area contributed by atoms with E-state index in [0.29, 0.717) is 0 Å². The summed E-state index contributed by atoms with van der Waals surface area (Å²) in [7, 11) is 0. The minimum absolute atomic E-state index is 0. The van der Waals surface area contributed by atoms with Gasteiger partial charge in [0.25, 0.3) is 0 Å². The topological polar surface area (TPSA) is 12.0 Å². The van der Waals surface area contributed by atoms with Crippen molar-refractivity contribution in [2.45, 2.75) is 45.1 Å². The van der Waals surface area contributed by atoms with Crippen LogP contribution in [0, 0.1) is 0 Å². The number of halogens is 1. The summed E-state index contributed by atoms with van der Waals surface area (Å²) in [6.45, 7) is 3.51. The highest BCUT2D eigenvalue weighted by Gasteiger charge is 2.09. The first-order valence-corrected chi connectivity index (χ1v) is 4.17. The highest BCUT2D eigenvalue weighted by Crippen LogP contribution is 2.10. The monoisotopic (exact) mass is 207 g/mol. The molecule has 1 aliphatic rings. The van der Waals surface area contributed by atoms with Crippen molar-refractivity contribution in [3.05, 3.63) is 0 Å². The van der Waals surface area contributed by atoms with Crippen molar-refractivity contribution in [1.82, 2.24) is 5.32 Å². The average Bonchev–Trinajstić information content (AvgIpc) is 1.91. The van der Waals surface area contributed by atoms with Crippen LogP contribution in [0.3, 0.4) is 0 Å². The maximum absolute atomic E-state index is 3.52. The number of hydrogen-bond donors (Lipinski definition) is 1. The standard InChI is InChI=1S/C8H17N.BrH/c1-2-5-8-6-3-4-7-9-8;/h8-9H,2-7H2,1H3;1H/t8-;/m0./s1. The van der Waals surface area contributed by atoms with Crippen LogP contribution in [0.25, 0.3) is 0 Å². The second-order valence-corrected chi connectivity index (χ2v) is 2.94. The lowest BCUT2D eigenvalue weighted by atomic mass is 10.0. The second-order valence-electron chi connectivity index (χ2n) is 2.94. The van der Waals surface area contributed by atoms with Gasteiger partial charge >= 0.3 is 0 Å². The summed E-state index contributed by atoms with van der Waals surface area (Å²) in [6.07, 6.45) is 6.95. The largest absolute Gasteiger partial charge is 0.314 e. The summed E-state index contributed by atoms with van der Waals surface area (Å²) in [4.78, 5) is 0. The molecule has 62 valence electrons. The van der Waals surface area contributed by atoms with E-state index in [1.807, 2.05) is 0 Å². The Kier molecular flexibility index (Phi) is 6.44. The van der Waals surface area contributed by atoms with E-state index in [1.54, 1.807) is 0 Å². The van der Waals surface area contributed by atoms with Crippen LogP contribution in [-0.4, -0.2) is 12.6 Å². The van der Waals surface area contributed by atoms with Crippen LogP contribution < -0.4 is 5.32 Å². The molecule has 0 aromatic heterocycles. The molecule has 1 N–H and O–H groups in total. The molecule has 1 nitrogen and oxygen atoms in total. The molecule has 0 aromatic carbocycles. The van der Waals surface area contributed by atoms with Gasteiger partial charge in [-0.2, -0.15) is 0 Å². The Morgan fingerprint density at radius 1 is 1.40 bits per heavy atom. The van der Waals surface area contributed by atoms with Gasteiger partial charge in [-0.1, -0.05) is 19.8 Å². The lowest BCUT2D eigenvalue weighted by molar-refractivity contribution is 0.380. The first-order valence-electron chi connectivity index (χ1n) is 4.17. The zero-order valence-corrected chi connectivity index (χ0v) is 8.44. The summed E-state index contributed by atoms with van der Waals surface area (Å²) >= 11 is 0. The Hall–Kier alpha value is 0.440. The van der Waals surface area contributed by atoms with Gasteiger partial charge in [0, 0.05) is 6.04 Å². The molecule has 1 rings (SSSR count). The minimum atomic E-state index is 0. The van der Waals surface area contributed by atoms with E-state index in [-0.39, 0.29) is 17.0 Å². The van der Waals surface area contributed by atoms with Crippen LogP contribution in [0.4, 0.5) is 0 Å². The van der Waals surface area contributed by atoms with Gasteiger partial charge in [-0.3, -0.25) is 0 Å². The number of piperidine rings is 1. The lowest BCUT2D eigenvalue weighted by Gasteiger charge is -2.22. The molecule has 1 saturated heterocycles. The fourth-order valence-electron chi connectivity index (χ4n) is 1.52. The van der Waals surface area contributed by atoms with Crippen LogP contribution in [-0.2, 0) is 0 Å². The molecule has 0 radical (unpaired) electrons. The summed E-state index contributed by atoms with van der Waals surface area (Å²) < 4.78 is 0. The first kappa shape index (κ1) is 10.4. The van der Waals surface area contributed by atoms with Gasteiger partial charge in [-0.25, -0.2) is 0 Å². The van der Waals surface area contributed by atoms with Crippen molar-refractivity contribution < 1.29 is 0 Å². The molecule has 0 aromatic rings. The molecule has 1 heterocycles. The normalized spacial score (nSPS) is 25.5. The van der Waals surface area contributed by atoms with E-state index >= 15 is 0 Å². The highest BCUT2D eigenvalue weighted by atomic mass is 79.9. The second kappa shape index (κ2) is 6.17. The van der Waals surface area contributed by atoms with E-state index in [4.69, 9.17) is 0 Å². The third kappa shape index (κ3) is 3.57. The molecule has 0 amide bonds. The molecular formula is C8H18BrN. The van der Waals surface area contributed by atoms with E-state index in [2.05, 4.69) is 12.2 Å². The van der Waals surface area contributed by atoms with Gasteiger partial charge in [0.2, 0.25) is 0 Å². The quantitative estimate of drug-likeness (QED) is 0.735. The third-order valence-corrected chi connectivity index (χ3v) is 2.05. The molecule has 0 aliphatic carbocycles. The predicted octanol–water partition coefficient (Wildman–Crippen LogP) is 2.51. The summed E-state index contributed by atoms with van der Waals surface area (Å²) in [5.74, 6) is 0.